The molecule has 3 aromatic rings. The van der Waals surface area contributed by atoms with Gasteiger partial charge in [0.25, 0.3) is 17.1 Å². The second-order valence-corrected chi connectivity index (χ2v) is 6.00. The Morgan fingerprint density at radius 2 is 1.00 bits per heavy atom. The van der Waals surface area contributed by atoms with Crippen molar-refractivity contribution in [3.63, 3.8) is 0 Å². The van der Waals surface area contributed by atoms with Crippen molar-refractivity contribution in [2.45, 2.75) is 0 Å². The van der Waals surface area contributed by atoms with Gasteiger partial charge >= 0.3 is 11.9 Å². The number of carboxylic acid groups (broad SMARTS) is 2. The molecule has 3 rings (SSSR count). The zero-order chi connectivity index (χ0) is 25.8. The van der Waals surface area contributed by atoms with E-state index in [2.05, 4.69) is 0 Å². The first-order valence-corrected chi connectivity index (χ1v) is 8.81. The number of hydrogen-bond donors (Lipinski definition) is 3. The number of hydrogen-bond acceptors (Lipinski definition) is 9. The number of phenols is 1. The third-order valence-electron chi connectivity index (χ3n) is 3.69. The van der Waals surface area contributed by atoms with Gasteiger partial charge in [0.15, 0.2) is 0 Å². The Kier molecular flexibility index (Phi) is 9.76. The molecule has 0 radical (unpaired) electrons. The summed E-state index contributed by atoms with van der Waals surface area (Å²) in [6, 6.07) is 14.6. The van der Waals surface area contributed by atoms with Crippen LogP contribution in [0.4, 0.5) is 17.1 Å². The van der Waals surface area contributed by atoms with Gasteiger partial charge in [0.1, 0.15) is 5.75 Å². The van der Waals surface area contributed by atoms with Crippen molar-refractivity contribution in [1.82, 2.24) is 0 Å². The van der Waals surface area contributed by atoms with Gasteiger partial charge in [0, 0.05) is 36.4 Å². The van der Waals surface area contributed by atoms with E-state index in [4.69, 9.17) is 15.3 Å². The van der Waals surface area contributed by atoms with Crippen LogP contribution < -0.4 is 0 Å². The molecule has 0 heterocycles. The average Bonchev–Trinajstić information content (AvgIpc) is 2.80. The number of carbonyl (C=O) groups is 2. The van der Waals surface area contributed by atoms with E-state index < -0.39 is 26.7 Å². The van der Waals surface area contributed by atoms with Crippen LogP contribution >= 0.6 is 0 Å². The first kappa shape index (κ1) is 26.6. The minimum absolute atomic E-state index is 0.0159. The summed E-state index contributed by atoms with van der Waals surface area (Å²) in [7, 11) is 0. The highest BCUT2D eigenvalue weighted by molar-refractivity contribution is 5.88. The smallest absolute Gasteiger partial charge is 0.335 e. The lowest BCUT2D eigenvalue weighted by Gasteiger charge is -1.92. The summed E-state index contributed by atoms with van der Waals surface area (Å²) in [4.78, 5) is 49.3. The summed E-state index contributed by atoms with van der Waals surface area (Å²) in [6.07, 6.45) is 0. The number of aromatic carboxylic acids is 2. The molecule has 0 aromatic heterocycles. The van der Waals surface area contributed by atoms with E-state index >= 15 is 0 Å². The molecule has 0 spiro atoms. The second-order valence-electron chi connectivity index (χ2n) is 6.00. The van der Waals surface area contributed by atoms with E-state index in [0.29, 0.717) is 0 Å². The van der Waals surface area contributed by atoms with Crippen molar-refractivity contribution in [1.29, 1.82) is 0 Å². The number of rotatable bonds is 5. The molecule has 0 saturated heterocycles. The van der Waals surface area contributed by atoms with Crippen molar-refractivity contribution in [2.75, 3.05) is 0 Å². The largest absolute Gasteiger partial charge is 0.508 e. The fourth-order valence-electron chi connectivity index (χ4n) is 2.05. The molecule has 0 bridgehead atoms. The number of nitro benzene ring substituents is 3. The zero-order valence-corrected chi connectivity index (χ0v) is 16.9. The van der Waals surface area contributed by atoms with Crippen LogP contribution in [-0.4, -0.2) is 42.0 Å². The normalized spacial score (nSPS) is 9.29. The van der Waals surface area contributed by atoms with Crippen molar-refractivity contribution >= 4 is 29.0 Å². The number of aromatic hydroxyl groups is 1. The number of phenolic OH excluding ortho intramolecular Hbond substituents is 1. The molecule has 0 amide bonds. The fraction of sp³-hybridized carbons (Fsp3) is 0. The lowest BCUT2D eigenvalue weighted by molar-refractivity contribution is -0.385. The molecule has 0 fully saturated rings. The molecular formula is C20H15N3O11. The number of benzene rings is 3. The maximum Gasteiger partial charge on any atom is 0.335 e. The summed E-state index contributed by atoms with van der Waals surface area (Å²) in [5.41, 5.74) is -0.377. The summed E-state index contributed by atoms with van der Waals surface area (Å²) in [6.45, 7) is 0. The molecule has 14 heteroatoms. The monoisotopic (exact) mass is 473 g/mol. The van der Waals surface area contributed by atoms with Crippen molar-refractivity contribution in [3.05, 3.63) is 114 Å². The van der Waals surface area contributed by atoms with Gasteiger partial charge in [-0.1, -0.05) is 6.07 Å². The molecule has 14 nitrogen and oxygen atoms in total. The average molecular weight is 473 g/mol. The minimum atomic E-state index is -1.17. The molecule has 0 saturated carbocycles. The predicted molar refractivity (Wildman–Crippen MR) is 115 cm³/mol. The third-order valence-corrected chi connectivity index (χ3v) is 3.69. The predicted octanol–water partition coefficient (Wildman–Crippen LogP) is 3.89. The van der Waals surface area contributed by atoms with Gasteiger partial charge in [0.05, 0.1) is 25.9 Å². The van der Waals surface area contributed by atoms with E-state index in [0.717, 1.165) is 18.2 Å². The van der Waals surface area contributed by atoms with Crippen LogP contribution in [0.15, 0.2) is 72.8 Å². The number of nitro groups is 3. The van der Waals surface area contributed by atoms with Crippen molar-refractivity contribution in [3.8, 4) is 5.75 Å². The minimum Gasteiger partial charge on any atom is -0.508 e. The van der Waals surface area contributed by atoms with Crippen LogP contribution in [0.25, 0.3) is 0 Å². The molecule has 0 aliphatic carbocycles. The third kappa shape index (κ3) is 8.76. The van der Waals surface area contributed by atoms with E-state index in [1.165, 1.54) is 54.6 Å². The highest BCUT2D eigenvalue weighted by Gasteiger charge is 2.09. The van der Waals surface area contributed by atoms with Crippen LogP contribution in [0.5, 0.6) is 5.75 Å². The molecule has 0 aliphatic rings. The molecule has 3 aromatic carbocycles. The Hall–Kier alpha value is -5.40. The van der Waals surface area contributed by atoms with Gasteiger partial charge in [-0.25, -0.2) is 9.59 Å². The maximum absolute atomic E-state index is 10.4. The SMILES string of the molecule is O=C(O)c1ccc([N+](=O)[O-])cc1.O=C(O)c1cccc([N+](=O)[O-])c1.O=[N+]([O-])c1ccc(O)cc1. The van der Waals surface area contributed by atoms with Gasteiger partial charge in [-0.3, -0.25) is 30.3 Å². The number of nitrogens with zero attached hydrogens (tertiary/aromatic N) is 3. The first-order valence-electron chi connectivity index (χ1n) is 8.81. The van der Waals surface area contributed by atoms with Gasteiger partial charge in [-0.2, -0.15) is 0 Å². The highest BCUT2D eigenvalue weighted by atomic mass is 16.6. The number of non-ortho nitro benzene ring substituents is 3. The molecule has 3 N–H and O–H groups in total. The van der Waals surface area contributed by atoms with Gasteiger partial charge in [0.2, 0.25) is 0 Å². The Morgan fingerprint density at radius 3 is 1.38 bits per heavy atom. The quantitative estimate of drug-likeness (QED) is 0.356. The Balaban J connectivity index is 0.000000256. The fourth-order valence-corrected chi connectivity index (χ4v) is 2.05. The number of carboxylic acids is 2. The lowest BCUT2D eigenvalue weighted by Crippen LogP contribution is -1.97. The van der Waals surface area contributed by atoms with E-state index in [1.54, 1.807) is 0 Å². The summed E-state index contributed by atoms with van der Waals surface area (Å²) in [5.74, 6) is -2.23. The standard InChI is InChI=1S/2C7H5NO4.C6H5NO3/c9-7(10)5-1-3-6(4-2-5)8(11)12;9-7(10)5-2-1-3-6(4-5)8(11)12;8-6-3-1-5(2-4-6)7(9)10/h2*1-4H,(H,9,10);1-4,8H. The summed E-state index contributed by atoms with van der Waals surface area (Å²) < 4.78 is 0. The van der Waals surface area contributed by atoms with Crippen molar-refractivity contribution in [2.24, 2.45) is 0 Å². The zero-order valence-electron chi connectivity index (χ0n) is 16.9. The molecule has 34 heavy (non-hydrogen) atoms. The van der Waals surface area contributed by atoms with Crippen LogP contribution in [-0.2, 0) is 0 Å². The van der Waals surface area contributed by atoms with Crippen LogP contribution in [0.1, 0.15) is 20.7 Å². The first-order chi connectivity index (χ1) is 15.9. The topological polar surface area (TPSA) is 224 Å². The Bertz CT molecular complexity index is 1130. The highest BCUT2D eigenvalue weighted by Crippen LogP contribution is 2.15. The van der Waals surface area contributed by atoms with Crippen molar-refractivity contribution < 1.29 is 39.7 Å². The van der Waals surface area contributed by atoms with Gasteiger partial charge in [-0.15, -0.1) is 0 Å². The second kappa shape index (κ2) is 12.5. The Labute approximate surface area is 189 Å². The van der Waals surface area contributed by atoms with Crippen LogP contribution in [0.2, 0.25) is 0 Å². The molecule has 0 atom stereocenters. The molecular weight excluding hydrogens is 458 g/mol. The van der Waals surface area contributed by atoms with E-state index in [9.17, 15) is 39.9 Å². The molecule has 0 unspecified atom stereocenters. The van der Waals surface area contributed by atoms with Crippen LogP contribution in [0, 0.1) is 30.3 Å². The lowest BCUT2D eigenvalue weighted by atomic mass is 10.2. The molecule has 0 aliphatic heterocycles. The summed E-state index contributed by atoms with van der Waals surface area (Å²) in [5, 5.41) is 56.0. The van der Waals surface area contributed by atoms with Gasteiger partial charge in [-0.05, 0) is 30.3 Å². The van der Waals surface area contributed by atoms with E-state index in [1.807, 2.05) is 0 Å². The summed E-state index contributed by atoms with van der Waals surface area (Å²) >= 11 is 0. The van der Waals surface area contributed by atoms with E-state index in [-0.39, 0.29) is 33.9 Å². The Morgan fingerprint density at radius 1 is 0.588 bits per heavy atom. The molecule has 176 valence electrons. The van der Waals surface area contributed by atoms with Crippen LogP contribution in [0.3, 0.4) is 0 Å². The maximum atomic E-state index is 10.4. The van der Waals surface area contributed by atoms with Gasteiger partial charge < -0.3 is 15.3 Å².